The lowest BCUT2D eigenvalue weighted by Gasteiger charge is -2.48. The Bertz CT molecular complexity index is 1480. The molecule has 3 N–H and O–H groups in total. The number of carbonyl (C=O) groups excluding carboxylic acids is 1. The van der Waals surface area contributed by atoms with Gasteiger partial charge in [0.1, 0.15) is 17.2 Å². The second-order valence-corrected chi connectivity index (χ2v) is 13.9. The van der Waals surface area contributed by atoms with Crippen molar-refractivity contribution in [2.24, 2.45) is 5.41 Å². The zero-order valence-corrected chi connectivity index (χ0v) is 25.8. The minimum atomic E-state index is -0.950. The number of anilines is 1. The first-order valence-corrected chi connectivity index (χ1v) is 15.2. The van der Waals surface area contributed by atoms with E-state index in [1.54, 1.807) is 39.2 Å². The van der Waals surface area contributed by atoms with Crippen LogP contribution in [-0.4, -0.2) is 47.8 Å². The Kier molecular flexibility index (Phi) is 8.08. The van der Waals surface area contributed by atoms with Crippen molar-refractivity contribution >= 4 is 58.6 Å². The third-order valence-electron chi connectivity index (χ3n) is 8.35. The molecule has 2 saturated carbocycles. The molecule has 1 atom stereocenters. The molecule has 220 valence electrons. The largest absolute Gasteiger partial charge is 0.465 e. The molecule has 1 unspecified atom stereocenters. The van der Waals surface area contributed by atoms with Crippen molar-refractivity contribution in [1.29, 1.82) is 0 Å². The van der Waals surface area contributed by atoms with Crippen LogP contribution in [0.4, 0.5) is 15.4 Å². The second-order valence-electron chi connectivity index (χ2n) is 12.1. The van der Waals surface area contributed by atoms with Gasteiger partial charge in [-0.2, -0.15) is 0 Å². The quantitative estimate of drug-likeness (QED) is 0.246. The van der Waals surface area contributed by atoms with Crippen LogP contribution in [0.5, 0.6) is 0 Å². The summed E-state index contributed by atoms with van der Waals surface area (Å²) in [7, 11) is 0. The molecule has 10 nitrogen and oxygen atoms in total. The van der Waals surface area contributed by atoms with Gasteiger partial charge in [0.05, 0.1) is 9.92 Å². The van der Waals surface area contributed by atoms with Crippen LogP contribution in [0.1, 0.15) is 84.4 Å². The minimum absolute atomic E-state index is 0.0197. The number of ether oxygens (including phenoxy) is 1. The fraction of sp³-hybridized carbons (Fsp3) is 0.536. The highest BCUT2D eigenvalue weighted by Gasteiger charge is 2.53. The van der Waals surface area contributed by atoms with Gasteiger partial charge in [-0.25, -0.2) is 24.5 Å². The number of fused-ring (bicyclic) bond motifs is 1. The van der Waals surface area contributed by atoms with Gasteiger partial charge in [0.15, 0.2) is 10.8 Å². The summed E-state index contributed by atoms with van der Waals surface area (Å²) < 4.78 is 7.34. The number of hydrogen-bond acceptors (Lipinski definition) is 7. The van der Waals surface area contributed by atoms with Gasteiger partial charge < -0.3 is 15.2 Å². The van der Waals surface area contributed by atoms with Gasteiger partial charge in [0, 0.05) is 34.9 Å². The highest BCUT2D eigenvalue weighted by molar-refractivity contribution is 7.99. The van der Waals surface area contributed by atoms with E-state index in [4.69, 9.17) is 32.9 Å². The van der Waals surface area contributed by atoms with E-state index >= 15 is 0 Å². The molecule has 1 spiro atoms. The molecule has 41 heavy (non-hydrogen) atoms. The van der Waals surface area contributed by atoms with E-state index in [1.165, 1.54) is 11.8 Å². The molecule has 3 aromatic rings. The van der Waals surface area contributed by atoms with Crippen molar-refractivity contribution in [2.75, 3.05) is 5.32 Å². The number of carbonyl (C=O) groups is 2. The van der Waals surface area contributed by atoms with Crippen LogP contribution in [0.15, 0.2) is 34.4 Å². The Labute approximate surface area is 253 Å². The van der Waals surface area contributed by atoms with Crippen molar-refractivity contribution in [1.82, 2.24) is 24.7 Å². The molecule has 2 aliphatic rings. The summed E-state index contributed by atoms with van der Waals surface area (Å²) in [4.78, 5) is 38.8. The van der Waals surface area contributed by atoms with Gasteiger partial charge in [0.25, 0.3) is 0 Å². The first-order valence-electron chi connectivity index (χ1n) is 13.7. The second kappa shape index (κ2) is 11.1. The normalized spacial score (nSPS) is 24.5. The minimum Gasteiger partial charge on any atom is -0.465 e. The van der Waals surface area contributed by atoms with E-state index in [0.717, 1.165) is 61.3 Å². The number of pyridine rings is 1. The lowest BCUT2D eigenvalue weighted by molar-refractivity contribution is 0.0635. The van der Waals surface area contributed by atoms with Crippen LogP contribution < -0.4 is 10.6 Å². The molecule has 5 rings (SSSR count). The van der Waals surface area contributed by atoms with Crippen LogP contribution in [0.3, 0.4) is 0 Å². The summed E-state index contributed by atoms with van der Waals surface area (Å²) in [5.41, 5.74) is -0.342. The van der Waals surface area contributed by atoms with Crippen LogP contribution >= 0.6 is 35.0 Å². The Hall–Kier alpha value is -2.76. The summed E-state index contributed by atoms with van der Waals surface area (Å²) in [5, 5.41) is 15.2. The topological polar surface area (TPSA) is 131 Å². The first kappa shape index (κ1) is 29.7. The Morgan fingerprint density at radius 2 is 1.88 bits per heavy atom. The molecule has 2 fully saturated rings. The van der Waals surface area contributed by atoms with Crippen molar-refractivity contribution < 1.29 is 19.4 Å². The van der Waals surface area contributed by atoms with E-state index < -0.39 is 23.3 Å². The smallest absolute Gasteiger partial charge is 0.413 e. The summed E-state index contributed by atoms with van der Waals surface area (Å²) >= 11 is 14.1. The lowest BCUT2D eigenvalue weighted by atomic mass is 9.62. The lowest BCUT2D eigenvalue weighted by Crippen LogP contribution is -2.55. The maximum absolute atomic E-state index is 12.3. The van der Waals surface area contributed by atoms with E-state index in [0.29, 0.717) is 4.90 Å². The SMILES string of the molecule is CC(C)(C)OC(=O)Nc1cc(Sc2cnc(C3CCC4(CCCC4(C)NC(=O)O)CC3)n3ccnc23)c(Cl)c(Cl)n1. The number of nitrogens with one attached hydrogen (secondary N) is 2. The molecule has 3 aromatic heterocycles. The van der Waals surface area contributed by atoms with Gasteiger partial charge in [-0.05, 0) is 77.7 Å². The van der Waals surface area contributed by atoms with Crippen molar-refractivity contribution in [3.05, 3.63) is 40.7 Å². The third-order valence-corrected chi connectivity index (χ3v) is 10.3. The van der Waals surface area contributed by atoms with Gasteiger partial charge in [-0.1, -0.05) is 41.4 Å². The van der Waals surface area contributed by atoms with E-state index in [1.807, 2.05) is 10.6 Å². The van der Waals surface area contributed by atoms with Crippen LogP contribution in [0, 0.1) is 5.41 Å². The monoisotopic (exact) mass is 620 g/mol. The molecule has 0 saturated heterocycles. The van der Waals surface area contributed by atoms with E-state index in [2.05, 4.69) is 27.5 Å². The number of hydrogen-bond donors (Lipinski definition) is 3. The van der Waals surface area contributed by atoms with Crippen molar-refractivity contribution in [3.8, 4) is 0 Å². The van der Waals surface area contributed by atoms with Crippen molar-refractivity contribution in [2.45, 2.75) is 99.5 Å². The first-order chi connectivity index (χ1) is 19.3. The molecule has 2 aliphatic carbocycles. The average Bonchev–Trinajstić information content (AvgIpc) is 3.47. The molecule has 0 radical (unpaired) electrons. The van der Waals surface area contributed by atoms with Gasteiger partial charge in [-0.15, -0.1) is 0 Å². The molecule has 2 amide bonds. The third kappa shape index (κ3) is 6.08. The number of amides is 2. The predicted octanol–water partition coefficient (Wildman–Crippen LogP) is 7.78. The number of imidazole rings is 1. The zero-order valence-electron chi connectivity index (χ0n) is 23.5. The van der Waals surface area contributed by atoms with E-state index in [9.17, 15) is 14.7 Å². The maximum Gasteiger partial charge on any atom is 0.413 e. The van der Waals surface area contributed by atoms with Crippen molar-refractivity contribution in [3.63, 3.8) is 0 Å². The molecule has 0 aliphatic heterocycles. The number of rotatable bonds is 5. The fourth-order valence-corrected chi connectivity index (χ4v) is 7.82. The number of carboxylic acid groups (broad SMARTS) is 1. The number of nitrogens with zero attached hydrogens (tertiary/aromatic N) is 4. The van der Waals surface area contributed by atoms with Crippen LogP contribution in [-0.2, 0) is 4.74 Å². The summed E-state index contributed by atoms with van der Waals surface area (Å²) in [6, 6.07) is 1.64. The molecule has 3 heterocycles. The van der Waals surface area contributed by atoms with Gasteiger partial charge in [-0.3, -0.25) is 9.72 Å². The Morgan fingerprint density at radius 3 is 2.56 bits per heavy atom. The summed E-state index contributed by atoms with van der Waals surface area (Å²) in [6.07, 6.45) is 10.5. The highest BCUT2D eigenvalue weighted by atomic mass is 35.5. The molecule has 0 aromatic carbocycles. The number of aromatic nitrogens is 4. The van der Waals surface area contributed by atoms with Gasteiger partial charge in [0.2, 0.25) is 0 Å². The van der Waals surface area contributed by atoms with Crippen LogP contribution in [0.2, 0.25) is 10.2 Å². The summed E-state index contributed by atoms with van der Waals surface area (Å²) in [6.45, 7) is 7.39. The number of halogens is 2. The van der Waals surface area contributed by atoms with Crippen LogP contribution in [0.25, 0.3) is 5.65 Å². The summed E-state index contributed by atoms with van der Waals surface area (Å²) in [5.74, 6) is 1.39. The maximum atomic E-state index is 12.3. The highest BCUT2D eigenvalue weighted by Crippen LogP contribution is 2.57. The molecular formula is C28H34Cl2N6O4S. The predicted molar refractivity (Wildman–Crippen MR) is 158 cm³/mol. The van der Waals surface area contributed by atoms with Gasteiger partial charge >= 0.3 is 12.2 Å². The van der Waals surface area contributed by atoms with E-state index in [-0.39, 0.29) is 27.3 Å². The molecular weight excluding hydrogens is 587 g/mol. The Balaban J connectivity index is 1.36. The molecule has 13 heteroatoms. The fourth-order valence-electron chi connectivity index (χ4n) is 6.41. The standard InChI is InChI=1S/C28H34Cl2N6O4S/c1-26(2,3)40-25(39)34-19-14-17(20(29)21(30)33-19)41-18-15-32-22(36-13-12-31-23(18)36)16-6-10-28(11-7-16)9-5-8-27(28,4)35-24(37)38/h12-16,35H,5-11H2,1-4H3,(H,37,38)(H,33,34,39). The zero-order chi connectivity index (χ0) is 29.6. The molecule has 0 bridgehead atoms. The average molecular weight is 622 g/mol. The Morgan fingerprint density at radius 1 is 1.15 bits per heavy atom.